The van der Waals surface area contributed by atoms with Crippen LogP contribution in [0.15, 0.2) is 48.5 Å². The zero-order valence-electron chi connectivity index (χ0n) is 14.4. The Morgan fingerprint density at radius 3 is 2.50 bits per heavy atom. The molecule has 1 fully saturated rings. The molecular formula is C20H21ClN2O3. The summed E-state index contributed by atoms with van der Waals surface area (Å²) in [6.45, 7) is 1.26. The fourth-order valence-corrected chi connectivity index (χ4v) is 2.97. The van der Waals surface area contributed by atoms with Crippen LogP contribution in [-0.2, 0) is 16.0 Å². The second kappa shape index (κ2) is 8.72. The maximum absolute atomic E-state index is 11.9. The number of carbonyl (C=O) groups is 2. The van der Waals surface area contributed by atoms with Crippen LogP contribution < -0.4 is 15.0 Å². The van der Waals surface area contributed by atoms with E-state index in [9.17, 15) is 9.59 Å². The minimum atomic E-state index is -0.169. The topological polar surface area (TPSA) is 58.6 Å². The van der Waals surface area contributed by atoms with Crippen molar-refractivity contribution in [1.82, 2.24) is 5.32 Å². The summed E-state index contributed by atoms with van der Waals surface area (Å²) in [7, 11) is 0. The van der Waals surface area contributed by atoms with Crippen LogP contribution in [0, 0.1) is 0 Å². The van der Waals surface area contributed by atoms with E-state index >= 15 is 0 Å². The molecule has 3 rings (SSSR count). The third kappa shape index (κ3) is 4.99. The molecule has 0 atom stereocenters. The van der Waals surface area contributed by atoms with Gasteiger partial charge in [-0.15, -0.1) is 0 Å². The van der Waals surface area contributed by atoms with Gasteiger partial charge in [-0.3, -0.25) is 9.59 Å². The number of hydrogen-bond donors (Lipinski definition) is 1. The molecule has 2 aromatic carbocycles. The van der Waals surface area contributed by atoms with Gasteiger partial charge in [-0.1, -0.05) is 23.7 Å². The van der Waals surface area contributed by atoms with Gasteiger partial charge in [0, 0.05) is 30.2 Å². The molecule has 0 saturated carbocycles. The van der Waals surface area contributed by atoms with E-state index in [4.69, 9.17) is 16.3 Å². The first-order valence-electron chi connectivity index (χ1n) is 8.66. The van der Waals surface area contributed by atoms with Crippen LogP contribution in [0.2, 0.25) is 5.02 Å². The Hall–Kier alpha value is -2.53. The molecule has 1 N–H and O–H groups in total. The lowest BCUT2D eigenvalue weighted by Crippen LogP contribution is -2.30. The van der Waals surface area contributed by atoms with Gasteiger partial charge in [0.25, 0.3) is 5.91 Å². The molecule has 0 bridgehead atoms. The molecule has 0 radical (unpaired) electrons. The Morgan fingerprint density at radius 1 is 1.12 bits per heavy atom. The van der Waals surface area contributed by atoms with Crippen LogP contribution in [0.4, 0.5) is 5.69 Å². The van der Waals surface area contributed by atoms with Crippen molar-refractivity contribution in [2.24, 2.45) is 0 Å². The number of benzene rings is 2. The molecule has 0 spiro atoms. The minimum absolute atomic E-state index is 0.0391. The van der Waals surface area contributed by atoms with E-state index in [1.54, 1.807) is 17.0 Å². The first kappa shape index (κ1) is 18.3. The number of halogens is 1. The van der Waals surface area contributed by atoms with Crippen molar-refractivity contribution >= 4 is 29.1 Å². The Kier molecular flexibility index (Phi) is 6.12. The van der Waals surface area contributed by atoms with Crippen LogP contribution in [0.1, 0.15) is 18.4 Å². The molecule has 0 aliphatic carbocycles. The van der Waals surface area contributed by atoms with Gasteiger partial charge in [0.05, 0.1) is 0 Å². The lowest BCUT2D eigenvalue weighted by Gasteiger charge is -2.16. The van der Waals surface area contributed by atoms with Crippen LogP contribution in [0.5, 0.6) is 5.75 Å². The number of anilines is 1. The van der Waals surface area contributed by atoms with Crippen molar-refractivity contribution in [1.29, 1.82) is 0 Å². The summed E-state index contributed by atoms with van der Waals surface area (Å²) in [5.41, 5.74) is 1.98. The molecule has 5 nitrogen and oxygen atoms in total. The number of rotatable bonds is 7. The molecule has 26 heavy (non-hydrogen) atoms. The SMILES string of the molecule is O=C(COc1ccc(N2CCCC2=O)cc1)NCCc1ccc(Cl)cc1. The summed E-state index contributed by atoms with van der Waals surface area (Å²) in [5.74, 6) is 0.588. The number of ether oxygens (including phenoxy) is 1. The van der Waals surface area contributed by atoms with Crippen molar-refractivity contribution in [3.05, 3.63) is 59.1 Å². The minimum Gasteiger partial charge on any atom is -0.484 e. The lowest BCUT2D eigenvalue weighted by atomic mass is 10.1. The van der Waals surface area contributed by atoms with Gasteiger partial charge >= 0.3 is 0 Å². The Labute approximate surface area is 157 Å². The molecule has 136 valence electrons. The number of carbonyl (C=O) groups excluding carboxylic acids is 2. The molecular weight excluding hydrogens is 352 g/mol. The van der Waals surface area contributed by atoms with E-state index in [0.29, 0.717) is 23.7 Å². The molecule has 1 saturated heterocycles. The van der Waals surface area contributed by atoms with Gasteiger partial charge in [-0.25, -0.2) is 0 Å². The summed E-state index contributed by atoms with van der Waals surface area (Å²) in [4.78, 5) is 25.4. The molecule has 1 heterocycles. The number of amides is 2. The van der Waals surface area contributed by atoms with Crippen molar-refractivity contribution in [2.45, 2.75) is 19.3 Å². The van der Waals surface area contributed by atoms with Gasteiger partial charge in [0.2, 0.25) is 5.91 Å². The molecule has 1 aliphatic rings. The second-order valence-corrected chi connectivity index (χ2v) is 6.59. The third-order valence-corrected chi connectivity index (χ3v) is 4.49. The van der Waals surface area contributed by atoms with E-state index in [1.807, 2.05) is 36.4 Å². The van der Waals surface area contributed by atoms with Crippen molar-refractivity contribution in [2.75, 3.05) is 24.6 Å². The highest BCUT2D eigenvalue weighted by Crippen LogP contribution is 2.23. The highest BCUT2D eigenvalue weighted by atomic mass is 35.5. The third-order valence-electron chi connectivity index (χ3n) is 4.24. The Bertz CT molecular complexity index is 760. The first-order valence-corrected chi connectivity index (χ1v) is 9.04. The fourth-order valence-electron chi connectivity index (χ4n) is 2.84. The molecule has 6 heteroatoms. The molecule has 1 aliphatic heterocycles. The standard InChI is InChI=1S/C20H21ClN2O3/c21-16-5-3-15(4-6-16)11-12-22-19(24)14-26-18-9-7-17(8-10-18)23-13-1-2-20(23)25/h3-10H,1-2,11-14H2,(H,22,24). The first-order chi connectivity index (χ1) is 12.6. The summed E-state index contributed by atoms with van der Waals surface area (Å²) >= 11 is 5.84. The second-order valence-electron chi connectivity index (χ2n) is 6.16. The predicted molar refractivity (Wildman–Crippen MR) is 102 cm³/mol. The quantitative estimate of drug-likeness (QED) is 0.811. The van der Waals surface area contributed by atoms with Crippen LogP contribution in [0.3, 0.4) is 0 Å². The highest BCUT2D eigenvalue weighted by molar-refractivity contribution is 6.30. The average Bonchev–Trinajstić information content (AvgIpc) is 3.08. The van der Waals surface area contributed by atoms with E-state index in [-0.39, 0.29) is 18.4 Å². The Morgan fingerprint density at radius 2 is 1.85 bits per heavy atom. The smallest absolute Gasteiger partial charge is 0.257 e. The van der Waals surface area contributed by atoms with E-state index in [1.165, 1.54) is 0 Å². The van der Waals surface area contributed by atoms with E-state index < -0.39 is 0 Å². The van der Waals surface area contributed by atoms with Crippen LogP contribution in [0.25, 0.3) is 0 Å². The van der Waals surface area contributed by atoms with E-state index in [2.05, 4.69) is 5.32 Å². The van der Waals surface area contributed by atoms with Gasteiger partial charge in [-0.2, -0.15) is 0 Å². The number of nitrogens with zero attached hydrogens (tertiary/aromatic N) is 1. The summed E-state index contributed by atoms with van der Waals surface area (Å²) < 4.78 is 5.50. The van der Waals surface area contributed by atoms with Crippen molar-refractivity contribution < 1.29 is 14.3 Å². The van der Waals surface area contributed by atoms with Crippen molar-refractivity contribution in [3.63, 3.8) is 0 Å². The molecule has 0 aromatic heterocycles. The highest BCUT2D eigenvalue weighted by Gasteiger charge is 2.21. The normalized spacial score (nSPS) is 13.7. The fraction of sp³-hybridized carbons (Fsp3) is 0.300. The number of nitrogens with one attached hydrogen (secondary N) is 1. The molecule has 0 unspecified atom stereocenters. The summed E-state index contributed by atoms with van der Waals surface area (Å²) in [6, 6.07) is 14.8. The largest absolute Gasteiger partial charge is 0.484 e. The predicted octanol–water partition coefficient (Wildman–Crippen LogP) is 3.20. The number of hydrogen-bond acceptors (Lipinski definition) is 3. The zero-order chi connectivity index (χ0) is 18.4. The lowest BCUT2D eigenvalue weighted by molar-refractivity contribution is -0.123. The summed E-state index contributed by atoms with van der Waals surface area (Å²) in [5, 5.41) is 3.53. The monoisotopic (exact) mass is 372 g/mol. The van der Waals surface area contributed by atoms with Crippen molar-refractivity contribution in [3.8, 4) is 5.75 Å². The summed E-state index contributed by atoms with van der Waals surface area (Å²) in [6.07, 6.45) is 2.24. The van der Waals surface area contributed by atoms with Crippen LogP contribution >= 0.6 is 11.6 Å². The molecule has 2 aromatic rings. The zero-order valence-corrected chi connectivity index (χ0v) is 15.2. The van der Waals surface area contributed by atoms with Gasteiger partial charge in [-0.05, 0) is 54.8 Å². The van der Waals surface area contributed by atoms with Gasteiger partial charge in [0.15, 0.2) is 6.61 Å². The maximum atomic E-state index is 11.9. The van der Waals surface area contributed by atoms with Gasteiger partial charge < -0.3 is 15.0 Å². The Balaban J connectivity index is 1.40. The van der Waals surface area contributed by atoms with Gasteiger partial charge in [0.1, 0.15) is 5.75 Å². The maximum Gasteiger partial charge on any atom is 0.257 e. The van der Waals surface area contributed by atoms with Crippen LogP contribution in [-0.4, -0.2) is 31.5 Å². The van der Waals surface area contributed by atoms with E-state index in [0.717, 1.165) is 30.6 Å². The average molecular weight is 373 g/mol. The molecule has 2 amide bonds.